The van der Waals surface area contributed by atoms with Crippen molar-refractivity contribution >= 4 is 5.91 Å². The molecule has 5 nitrogen and oxygen atoms in total. The average molecular weight is 272 g/mol. The molecule has 1 amide bonds. The largest absolute Gasteiger partial charge is 0.351 e. The fourth-order valence-electron chi connectivity index (χ4n) is 2.69. The molecule has 0 heterocycles. The predicted octanol–water partition coefficient (Wildman–Crippen LogP) is 1.27. The normalized spacial score (nSPS) is 23.6. The maximum Gasteiger partial charge on any atom is 0.223 e. The lowest BCUT2D eigenvalue weighted by Gasteiger charge is -2.30. The lowest BCUT2D eigenvalue weighted by atomic mass is 9.79. The Hall–Kier alpha value is -0.650. The van der Waals surface area contributed by atoms with E-state index in [1.807, 2.05) is 13.8 Å². The van der Waals surface area contributed by atoms with Crippen LogP contribution in [0.1, 0.15) is 39.5 Å². The van der Waals surface area contributed by atoms with Gasteiger partial charge in [-0.25, -0.2) is 0 Å². The quantitative estimate of drug-likeness (QED) is 0.653. The van der Waals surface area contributed by atoms with E-state index in [-0.39, 0.29) is 18.1 Å². The third-order valence-corrected chi connectivity index (χ3v) is 3.70. The van der Waals surface area contributed by atoms with Crippen molar-refractivity contribution in [2.24, 2.45) is 17.6 Å². The Morgan fingerprint density at radius 1 is 1.26 bits per heavy atom. The van der Waals surface area contributed by atoms with Crippen molar-refractivity contribution in [3.05, 3.63) is 0 Å². The van der Waals surface area contributed by atoms with Gasteiger partial charge in [0.25, 0.3) is 0 Å². The van der Waals surface area contributed by atoms with Crippen molar-refractivity contribution in [2.75, 3.05) is 26.3 Å². The second kappa shape index (κ2) is 9.28. The Bertz CT molecular complexity index is 255. The first-order valence-electron chi connectivity index (χ1n) is 7.43. The number of hydrogen-bond acceptors (Lipinski definition) is 4. The van der Waals surface area contributed by atoms with Crippen LogP contribution in [0.25, 0.3) is 0 Å². The average Bonchev–Trinajstić information content (AvgIpc) is 2.44. The lowest BCUT2D eigenvalue weighted by Crippen LogP contribution is -2.43. The van der Waals surface area contributed by atoms with Gasteiger partial charge in [0.15, 0.2) is 6.29 Å². The fraction of sp³-hybridized carbons (Fsp3) is 0.929. The van der Waals surface area contributed by atoms with E-state index >= 15 is 0 Å². The second-order valence-corrected chi connectivity index (χ2v) is 4.97. The number of hydrogen-bond donors (Lipinski definition) is 2. The van der Waals surface area contributed by atoms with Gasteiger partial charge in [0.2, 0.25) is 5.91 Å². The first kappa shape index (κ1) is 16.4. The smallest absolute Gasteiger partial charge is 0.223 e. The van der Waals surface area contributed by atoms with Gasteiger partial charge in [-0.1, -0.05) is 12.8 Å². The van der Waals surface area contributed by atoms with Gasteiger partial charge in [-0.2, -0.15) is 0 Å². The zero-order valence-electron chi connectivity index (χ0n) is 12.2. The van der Waals surface area contributed by atoms with E-state index in [4.69, 9.17) is 15.2 Å². The molecule has 0 radical (unpaired) electrons. The molecule has 5 heteroatoms. The summed E-state index contributed by atoms with van der Waals surface area (Å²) < 4.78 is 10.8. The molecule has 0 aliphatic heterocycles. The minimum atomic E-state index is -0.348. The highest BCUT2D eigenvalue weighted by Crippen LogP contribution is 2.29. The van der Waals surface area contributed by atoms with Crippen LogP contribution in [0.5, 0.6) is 0 Å². The van der Waals surface area contributed by atoms with E-state index < -0.39 is 0 Å². The Kier molecular flexibility index (Phi) is 8.02. The number of nitrogens with one attached hydrogen (secondary N) is 1. The van der Waals surface area contributed by atoms with Crippen LogP contribution in [0.15, 0.2) is 0 Å². The number of ether oxygens (including phenoxy) is 2. The van der Waals surface area contributed by atoms with E-state index in [9.17, 15) is 4.79 Å². The first-order valence-corrected chi connectivity index (χ1v) is 7.43. The summed E-state index contributed by atoms with van der Waals surface area (Å²) in [6.07, 6.45) is 3.97. The molecular weight excluding hydrogens is 244 g/mol. The van der Waals surface area contributed by atoms with E-state index in [1.54, 1.807) is 0 Å². The lowest BCUT2D eigenvalue weighted by molar-refractivity contribution is -0.143. The fourth-order valence-corrected chi connectivity index (χ4v) is 2.69. The summed E-state index contributed by atoms with van der Waals surface area (Å²) >= 11 is 0. The van der Waals surface area contributed by atoms with Crippen molar-refractivity contribution in [2.45, 2.75) is 45.8 Å². The van der Waals surface area contributed by atoms with Gasteiger partial charge < -0.3 is 20.5 Å². The summed E-state index contributed by atoms with van der Waals surface area (Å²) in [5.41, 5.74) is 5.75. The second-order valence-electron chi connectivity index (χ2n) is 4.97. The summed E-state index contributed by atoms with van der Waals surface area (Å²) in [6, 6.07) is 0. The van der Waals surface area contributed by atoms with Gasteiger partial charge >= 0.3 is 0 Å². The predicted molar refractivity (Wildman–Crippen MR) is 74.6 cm³/mol. The molecule has 1 rings (SSSR count). The van der Waals surface area contributed by atoms with Gasteiger partial charge in [0.1, 0.15) is 0 Å². The van der Waals surface area contributed by atoms with Gasteiger partial charge in [-0.3, -0.25) is 4.79 Å². The Labute approximate surface area is 116 Å². The number of rotatable bonds is 8. The molecule has 0 saturated heterocycles. The topological polar surface area (TPSA) is 73.6 Å². The van der Waals surface area contributed by atoms with E-state index in [1.165, 1.54) is 6.42 Å². The molecule has 2 atom stereocenters. The number of carbonyl (C=O) groups is 1. The van der Waals surface area contributed by atoms with E-state index in [0.29, 0.717) is 32.2 Å². The summed E-state index contributed by atoms with van der Waals surface area (Å²) in [4.78, 5) is 12.2. The minimum Gasteiger partial charge on any atom is -0.351 e. The van der Waals surface area contributed by atoms with Crippen LogP contribution in [0, 0.1) is 11.8 Å². The molecule has 1 aliphatic rings. The monoisotopic (exact) mass is 272 g/mol. The van der Waals surface area contributed by atoms with Gasteiger partial charge in [0.05, 0.1) is 6.54 Å². The highest BCUT2D eigenvalue weighted by Gasteiger charge is 2.30. The van der Waals surface area contributed by atoms with Gasteiger partial charge in [0, 0.05) is 19.1 Å². The maximum absolute atomic E-state index is 12.2. The zero-order chi connectivity index (χ0) is 14.1. The molecule has 0 spiro atoms. The molecule has 2 unspecified atom stereocenters. The Morgan fingerprint density at radius 2 is 1.89 bits per heavy atom. The molecule has 0 aromatic carbocycles. The third-order valence-electron chi connectivity index (χ3n) is 3.70. The highest BCUT2D eigenvalue weighted by atomic mass is 16.7. The van der Waals surface area contributed by atoms with Crippen molar-refractivity contribution in [3.8, 4) is 0 Å². The van der Waals surface area contributed by atoms with Crippen LogP contribution in [-0.4, -0.2) is 38.5 Å². The van der Waals surface area contributed by atoms with Crippen LogP contribution in [0.3, 0.4) is 0 Å². The van der Waals surface area contributed by atoms with Crippen LogP contribution >= 0.6 is 0 Å². The molecular formula is C14H28N2O3. The van der Waals surface area contributed by atoms with Crippen LogP contribution in [0.4, 0.5) is 0 Å². The highest BCUT2D eigenvalue weighted by molar-refractivity contribution is 5.79. The van der Waals surface area contributed by atoms with Gasteiger partial charge in [-0.15, -0.1) is 0 Å². The van der Waals surface area contributed by atoms with E-state index in [2.05, 4.69) is 5.32 Å². The Morgan fingerprint density at radius 3 is 2.47 bits per heavy atom. The zero-order valence-corrected chi connectivity index (χ0v) is 12.2. The van der Waals surface area contributed by atoms with Crippen LogP contribution < -0.4 is 11.1 Å². The first-order chi connectivity index (χ1) is 9.22. The number of amides is 1. The van der Waals surface area contributed by atoms with Gasteiger partial charge in [-0.05, 0) is 39.2 Å². The molecule has 1 fully saturated rings. The summed E-state index contributed by atoms with van der Waals surface area (Å²) in [5, 5.41) is 2.94. The molecule has 0 aromatic rings. The molecule has 1 aliphatic carbocycles. The third kappa shape index (κ3) is 5.47. The van der Waals surface area contributed by atoms with Crippen molar-refractivity contribution < 1.29 is 14.3 Å². The number of carbonyl (C=O) groups excluding carboxylic acids is 1. The Balaban J connectivity index is 2.39. The SMILES string of the molecule is CCOC(CNC(=O)C1CCCCC1CN)OCC. The van der Waals surface area contributed by atoms with Crippen molar-refractivity contribution in [1.29, 1.82) is 0 Å². The molecule has 112 valence electrons. The van der Waals surface area contributed by atoms with E-state index in [0.717, 1.165) is 19.3 Å². The molecule has 0 bridgehead atoms. The molecule has 3 N–H and O–H groups in total. The van der Waals surface area contributed by atoms with Crippen LogP contribution in [-0.2, 0) is 14.3 Å². The summed E-state index contributed by atoms with van der Waals surface area (Å²) in [5.74, 6) is 0.480. The molecule has 19 heavy (non-hydrogen) atoms. The maximum atomic E-state index is 12.2. The van der Waals surface area contributed by atoms with Crippen molar-refractivity contribution in [3.63, 3.8) is 0 Å². The summed E-state index contributed by atoms with van der Waals surface area (Å²) in [7, 11) is 0. The summed E-state index contributed by atoms with van der Waals surface area (Å²) in [6.45, 7) is 6.00. The number of nitrogens with two attached hydrogens (primary N) is 1. The minimum absolute atomic E-state index is 0.0580. The molecule has 1 saturated carbocycles. The van der Waals surface area contributed by atoms with Crippen LogP contribution in [0.2, 0.25) is 0 Å². The standard InChI is InChI=1S/C14H28N2O3/c1-3-18-13(19-4-2)10-16-14(17)12-8-6-5-7-11(12)9-15/h11-13H,3-10,15H2,1-2H3,(H,16,17). The molecule has 0 aromatic heterocycles. The van der Waals surface area contributed by atoms with Crippen molar-refractivity contribution in [1.82, 2.24) is 5.32 Å².